The van der Waals surface area contributed by atoms with E-state index in [4.69, 9.17) is 10.2 Å². The number of halogens is 6. The Morgan fingerprint density at radius 3 is 2.20 bits per heavy atom. The van der Waals surface area contributed by atoms with Crippen molar-refractivity contribution in [2.45, 2.75) is 19.0 Å². The number of alkyl halides is 6. The first kappa shape index (κ1) is 15.9. The fourth-order valence-electron chi connectivity index (χ4n) is 1.35. The SMILES string of the molecule is O=C(O)Cc1c(OC(F)(F)F)ncc(O)c1C(F)(F)F. The molecule has 2 N–H and O–H groups in total. The number of aromatic hydroxyl groups is 1. The van der Waals surface area contributed by atoms with E-state index >= 15 is 0 Å². The minimum absolute atomic E-state index is 0.0925. The molecule has 0 atom stereocenters. The summed E-state index contributed by atoms with van der Waals surface area (Å²) in [5.74, 6) is -4.93. The summed E-state index contributed by atoms with van der Waals surface area (Å²) in [5, 5.41) is 17.5. The molecule has 5 nitrogen and oxygen atoms in total. The van der Waals surface area contributed by atoms with Gasteiger partial charge in [-0.15, -0.1) is 13.2 Å². The molecule has 0 radical (unpaired) electrons. The fourth-order valence-corrected chi connectivity index (χ4v) is 1.35. The molecule has 0 aliphatic carbocycles. The summed E-state index contributed by atoms with van der Waals surface area (Å²) < 4.78 is 77.3. The second kappa shape index (κ2) is 5.06. The van der Waals surface area contributed by atoms with Gasteiger partial charge in [-0.25, -0.2) is 4.98 Å². The van der Waals surface area contributed by atoms with Gasteiger partial charge in [0.15, 0.2) is 0 Å². The number of nitrogens with zero attached hydrogens (tertiary/aromatic N) is 1. The minimum atomic E-state index is -5.36. The highest BCUT2D eigenvalue weighted by Crippen LogP contribution is 2.41. The number of ether oxygens (including phenoxy) is 1. The maximum absolute atomic E-state index is 12.7. The van der Waals surface area contributed by atoms with Gasteiger partial charge in [-0.1, -0.05) is 0 Å². The van der Waals surface area contributed by atoms with Crippen molar-refractivity contribution in [2.24, 2.45) is 0 Å². The predicted octanol–water partition coefficient (Wildman–Crippen LogP) is 2.33. The number of carbonyl (C=O) groups is 1. The van der Waals surface area contributed by atoms with E-state index in [1.807, 2.05) is 0 Å². The van der Waals surface area contributed by atoms with Gasteiger partial charge >= 0.3 is 18.5 Å². The molecule has 1 aromatic heterocycles. The second-order valence-corrected chi connectivity index (χ2v) is 3.42. The molecule has 0 saturated heterocycles. The molecule has 0 amide bonds. The topological polar surface area (TPSA) is 79.7 Å². The lowest BCUT2D eigenvalue weighted by molar-refractivity contribution is -0.276. The molecule has 0 unspecified atom stereocenters. The van der Waals surface area contributed by atoms with E-state index in [2.05, 4.69) is 9.72 Å². The first-order valence-electron chi connectivity index (χ1n) is 4.67. The van der Waals surface area contributed by atoms with Gasteiger partial charge in [-0.2, -0.15) is 13.2 Å². The molecule has 1 rings (SSSR count). The number of carboxylic acid groups (broad SMARTS) is 1. The van der Waals surface area contributed by atoms with Gasteiger partial charge in [0.1, 0.15) is 11.3 Å². The maximum Gasteiger partial charge on any atom is 0.574 e. The molecule has 0 fully saturated rings. The van der Waals surface area contributed by atoms with Crippen LogP contribution in [0.25, 0.3) is 0 Å². The van der Waals surface area contributed by atoms with Crippen LogP contribution >= 0.6 is 0 Å². The molecule has 11 heteroatoms. The van der Waals surface area contributed by atoms with E-state index in [9.17, 15) is 31.1 Å². The Kier molecular flexibility index (Phi) is 4.01. The van der Waals surface area contributed by atoms with Crippen molar-refractivity contribution in [2.75, 3.05) is 0 Å². The molecule has 0 spiro atoms. The van der Waals surface area contributed by atoms with Gasteiger partial charge in [0.05, 0.1) is 12.6 Å². The third kappa shape index (κ3) is 3.90. The van der Waals surface area contributed by atoms with Gasteiger partial charge in [-0.05, 0) is 0 Å². The van der Waals surface area contributed by atoms with Crippen LogP contribution in [0.3, 0.4) is 0 Å². The van der Waals surface area contributed by atoms with Crippen LogP contribution in [-0.2, 0) is 17.4 Å². The van der Waals surface area contributed by atoms with E-state index in [1.54, 1.807) is 0 Å². The number of aliphatic carboxylic acids is 1. The largest absolute Gasteiger partial charge is 0.574 e. The lowest BCUT2D eigenvalue weighted by Crippen LogP contribution is -2.22. The van der Waals surface area contributed by atoms with Crippen LogP contribution in [0.4, 0.5) is 26.3 Å². The number of carboxylic acids is 1. The molecule has 112 valence electrons. The van der Waals surface area contributed by atoms with Crippen LogP contribution in [0.1, 0.15) is 11.1 Å². The van der Waals surface area contributed by atoms with Crippen LogP contribution in [0, 0.1) is 0 Å². The average Bonchev–Trinajstić information content (AvgIpc) is 2.17. The van der Waals surface area contributed by atoms with Crippen molar-refractivity contribution >= 4 is 5.97 Å². The number of hydrogen-bond acceptors (Lipinski definition) is 4. The number of pyridine rings is 1. The van der Waals surface area contributed by atoms with Crippen molar-refractivity contribution < 1.29 is 46.1 Å². The lowest BCUT2D eigenvalue weighted by Gasteiger charge is -2.17. The average molecular weight is 305 g/mol. The van der Waals surface area contributed by atoms with Crippen molar-refractivity contribution in [3.05, 3.63) is 17.3 Å². The fraction of sp³-hybridized carbons (Fsp3) is 0.333. The van der Waals surface area contributed by atoms with E-state index in [0.717, 1.165) is 0 Å². The quantitative estimate of drug-likeness (QED) is 0.838. The minimum Gasteiger partial charge on any atom is -0.506 e. The molecular weight excluding hydrogens is 300 g/mol. The third-order valence-electron chi connectivity index (χ3n) is 1.94. The van der Waals surface area contributed by atoms with Gasteiger partial charge in [0.2, 0.25) is 5.88 Å². The van der Waals surface area contributed by atoms with Crippen LogP contribution in [0.2, 0.25) is 0 Å². The Balaban J connectivity index is 3.49. The maximum atomic E-state index is 12.7. The summed E-state index contributed by atoms with van der Waals surface area (Å²) in [5.41, 5.74) is -3.35. The Bertz CT molecular complexity index is 524. The van der Waals surface area contributed by atoms with Gasteiger partial charge in [0, 0.05) is 5.56 Å². The van der Waals surface area contributed by atoms with Gasteiger partial charge < -0.3 is 14.9 Å². The summed E-state index contributed by atoms with van der Waals surface area (Å²) in [6, 6.07) is 0. The first-order valence-corrected chi connectivity index (χ1v) is 4.67. The number of hydrogen-bond donors (Lipinski definition) is 2. The van der Waals surface area contributed by atoms with Crippen molar-refractivity contribution in [1.29, 1.82) is 0 Å². The molecular formula is C9H5F6NO4. The predicted molar refractivity (Wildman–Crippen MR) is 48.9 cm³/mol. The summed E-state index contributed by atoms with van der Waals surface area (Å²) in [6.07, 6.45) is -12.0. The zero-order valence-electron chi connectivity index (χ0n) is 9.21. The Labute approximate surface area is 106 Å². The summed E-state index contributed by atoms with van der Waals surface area (Å²) in [7, 11) is 0. The third-order valence-corrected chi connectivity index (χ3v) is 1.94. The van der Waals surface area contributed by atoms with Crippen molar-refractivity contribution in [1.82, 2.24) is 4.98 Å². The molecule has 0 aromatic carbocycles. The van der Waals surface area contributed by atoms with Crippen molar-refractivity contribution in [3.8, 4) is 11.6 Å². The molecule has 1 heterocycles. The molecule has 0 aliphatic heterocycles. The zero-order chi connectivity index (χ0) is 15.7. The van der Waals surface area contributed by atoms with E-state index in [0.29, 0.717) is 0 Å². The summed E-state index contributed by atoms with van der Waals surface area (Å²) in [4.78, 5) is 13.3. The van der Waals surface area contributed by atoms with Crippen LogP contribution in [0.15, 0.2) is 6.20 Å². The highest BCUT2D eigenvalue weighted by Gasteiger charge is 2.41. The monoisotopic (exact) mass is 305 g/mol. The second-order valence-electron chi connectivity index (χ2n) is 3.42. The molecule has 0 bridgehead atoms. The highest BCUT2D eigenvalue weighted by molar-refractivity contribution is 5.72. The van der Waals surface area contributed by atoms with E-state index in [1.165, 1.54) is 0 Å². The molecule has 0 aliphatic rings. The molecule has 1 aromatic rings. The Morgan fingerprint density at radius 2 is 1.80 bits per heavy atom. The zero-order valence-corrected chi connectivity index (χ0v) is 9.21. The van der Waals surface area contributed by atoms with Crippen LogP contribution in [-0.4, -0.2) is 27.5 Å². The summed E-state index contributed by atoms with van der Waals surface area (Å²) >= 11 is 0. The lowest BCUT2D eigenvalue weighted by atomic mass is 10.1. The standard InChI is InChI=1S/C9H5F6NO4/c10-8(11,12)6-3(1-5(18)19)7(16-2-4(6)17)20-9(13,14)15/h2,17H,1H2,(H,18,19). The van der Waals surface area contributed by atoms with E-state index in [-0.39, 0.29) is 6.20 Å². The van der Waals surface area contributed by atoms with Crippen LogP contribution < -0.4 is 4.74 Å². The molecule has 20 heavy (non-hydrogen) atoms. The molecule has 0 saturated carbocycles. The number of rotatable bonds is 3. The van der Waals surface area contributed by atoms with Crippen LogP contribution in [0.5, 0.6) is 11.6 Å². The Morgan fingerprint density at radius 1 is 1.25 bits per heavy atom. The summed E-state index contributed by atoms with van der Waals surface area (Å²) in [6.45, 7) is 0. The number of aromatic nitrogens is 1. The normalized spacial score (nSPS) is 12.3. The smallest absolute Gasteiger partial charge is 0.506 e. The highest BCUT2D eigenvalue weighted by atomic mass is 19.4. The Hall–Kier alpha value is -2.20. The van der Waals surface area contributed by atoms with Gasteiger partial charge in [0.25, 0.3) is 0 Å². The van der Waals surface area contributed by atoms with E-state index < -0.39 is 47.7 Å². The van der Waals surface area contributed by atoms with Crippen molar-refractivity contribution in [3.63, 3.8) is 0 Å². The first-order chi connectivity index (χ1) is 8.92. The van der Waals surface area contributed by atoms with Gasteiger partial charge in [-0.3, -0.25) is 4.79 Å².